The van der Waals surface area contributed by atoms with Crippen LogP contribution in [0.15, 0.2) is 4.99 Å². The Morgan fingerprint density at radius 3 is 2.67 bits per heavy atom. The summed E-state index contributed by atoms with van der Waals surface area (Å²) in [6.45, 7) is 9.62. The lowest BCUT2D eigenvalue weighted by Crippen LogP contribution is -2.48. The number of hydrogen-bond donors (Lipinski definition) is 1. The second-order valence-electron chi connectivity index (χ2n) is 6.18. The van der Waals surface area contributed by atoms with Crippen molar-refractivity contribution < 1.29 is 4.74 Å². The maximum Gasteiger partial charge on any atom is 0.156 e. The zero-order valence-corrected chi connectivity index (χ0v) is 12.7. The number of amidine groups is 1. The molecule has 2 aliphatic rings. The van der Waals surface area contributed by atoms with E-state index in [0.717, 1.165) is 44.2 Å². The van der Waals surface area contributed by atoms with Crippen LogP contribution in [0.1, 0.15) is 46.5 Å². The van der Waals surface area contributed by atoms with Crippen molar-refractivity contribution in [3.05, 3.63) is 0 Å². The van der Waals surface area contributed by atoms with Crippen molar-refractivity contribution in [3.63, 3.8) is 0 Å². The Morgan fingerprint density at radius 1 is 1.28 bits per heavy atom. The molecule has 4 heteroatoms. The van der Waals surface area contributed by atoms with Gasteiger partial charge in [-0.1, -0.05) is 25.6 Å². The zero-order chi connectivity index (χ0) is 13.1. The number of rotatable bonds is 3. The summed E-state index contributed by atoms with van der Waals surface area (Å²) in [5.74, 6) is 1.19. The number of aliphatic imine (C=N–C) groups is 1. The maximum absolute atomic E-state index is 5.44. The number of nitrogens with zero attached hydrogens (tertiary/aromatic N) is 1. The van der Waals surface area contributed by atoms with Crippen LogP contribution in [-0.2, 0) is 4.74 Å². The first-order valence-electron chi connectivity index (χ1n) is 7.08. The first-order chi connectivity index (χ1) is 8.55. The molecule has 0 amide bonds. The van der Waals surface area contributed by atoms with E-state index in [2.05, 4.69) is 26.1 Å². The Bertz CT molecular complexity index is 313. The molecule has 0 bridgehead atoms. The van der Waals surface area contributed by atoms with Crippen molar-refractivity contribution in [3.8, 4) is 0 Å². The van der Waals surface area contributed by atoms with Crippen molar-refractivity contribution in [1.82, 2.24) is 5.32 Å². The lowest BCUT2D eigenvalue weighted by Gasteiger charge is -2.36. The Hall–Kier alpha value is -0.220. The average Bonchev–Trinajstić information content (AvgIpc) is 2.38. The molecule has 1 unspecified atom stereocenters. The van der Waals surface area contributed by atoms with Gasteiger partial charge < -0.3 is 10.1 Å². The van der Waals surface area contributed by atoms with Crippen LogP contribution >= 0.6 is 11.8 Å². The van der Waals surface area contributed by atoms with E-state index in [-0.39, 0.29) is 5.54 Å². The highest BCUT2D eigenvalue weighted by Gasteiger charge is 2.30. The van der Waals surface area contributed by atoms with Crippen molar-refractivity contribution >= 4 is 16.9 Å². The first-order valence-corrected chi connectivity index (χ1v) is 8.07. The number of thioether (sulfide) groups is 1. The Kier molecular flexibility index (Phi) is 4.59. The van der Waals surface area contributed by atoms with Crippen LogP contribution in [0.2, 0.25) is 0 Å². The van der Waals surface area contributed by atoms with E-state index in [4.69, 9.17) is 9.73 Å². The van der Waals surface area contributed by atoms with E-state index >= 15 is 0 Å². The SMILES string of the molecule is CCC1(C)CCSC(=NCC2(C)CCOCC2)N1. The fraction of sp³-hybridized carbons (Fsp3) is 0.929. The summed E-state index contributed by atoms with van der Waals surface area (Å²) in [5.41, 5.74) is 0.591. The third-order valence-electron chi connectivity index (χ3n) is 4.39. The molecule has 0 aromatic heterocycles. The molecule has 0 aliphatic carbocycles. The summed E-state index contributed by atoms with van der Waals surface area (Å²) < 4.78 is 5.44. The molecule has 0 aromatic carbocycles. The average molecular weight is 270 g/mol. The second-order valence-corrected chi connectivity index (χ2v) is 7.27. The van der Waals surface area contributed by atoms with Crippen LogP contribution in [-0.4, -0.2) is 36.2 Å². The summed E-state index contributed by atoms with van der Waals surface area (Å²) in [4.78, 5) is 4.83. The van der Waals surface area contributed by atoms with Gasteiger partial charge in [-0.15, -0.1) is 0 Å². The van der Waals surface area contributed by atoms with E-state index in [9.17, 15) is 0 Å². The van der Waals surface area contributed by atoms with E-state index in [1.165, 1.54) is 12.2 Å². The number of ether oxygens (including phenoxy) is 1. The van der Waals surface area contributed by atoms with Gasteiger partial charge in [-0.05, 0) is 38.0 Å². The molecule has 0 radical (unpaired) electrons. The van der Waals surface area contributed by atoms with Gasteiger partial charge >= 0.3 is 0 Å². The van der Waals surface area contributed by atoms with Crippen molar-refractivity contribution in [2.45, 2.75) is 52.0 Å². The molecule has 0 spiro atoms. The molecule has 1 atom stereocenters. The Balaban J connectivity index is 1.92. The van der Waals surface area contributed by atoms with Gasteiger partial charge in [-0.2, -0.15) is 0 Å². The Morgan fingerprint density at radius 2 is 2.00 bits per heavy atom. The largest absolute Gasteiger partial charge is 0.381 e. The van der Waals surface area contributed by atoms with Crippen molar-refractivity contribution in [2.24, 2.45) is 10.4 Å². The molecule has 2 heterocycles. The van der Waals surface area contributed by atoms with Gasteiger partial charge in [0.25, 0.3) is 0 Å². The zero-order valence-electron chi connectivity index (χ0n) is 11.9. The lowest BCUT2D eigenvalue weighted by molar-refractivity contribution is 0.0283. The summed E-state index contributed by atoms with van der Waals surface area (Å²) in [7, 11) is 0. The van der Waals surface area contributed by atoms with E-state index in [0.29, 0.717) is 5.41 Å². The van der Waals surface area contributed by atoms with Crippen molar-refractivity contribution in [2.75, 3.05) is 25.5 Å². The summed E-state index contributed by atoms with van der Waals surface area (Å²) >= 11 is 1.88. The van der Waals surface area contributed by atoms with Gasteiger partial charge in [0, 0.05) is 31.1 Å². The first kappa shape index (κ1) is 14.2. The summed E-state index contributed by atoms with van der Waals surface area (Å²) in [5, 5.41) is 4.77. The third-order valence-corrected chi connectivity index (χ3v) is 5.30. The lowest BCUT2D eigenvalue weighted by atomic mass is 9.83. The molecular formula is C14H26N2OS. The third kappa shape index (κ3) is 3.64. The van der Waals surface area contributed by atoms with E-state index in [1.54, 1.807) is 0 Å². The van der Waals surface area contributed by atoms with E-state index in [1.807, 2.05) is 11.8 Å². The minimum Gasteiger partial charge on any atom is -0.381 e. The van der Waals surface area contributed by atoms with Gasteiger partial charge in [0.15, 0.2) is 5.17 Å². The molecule has 2 saturated heterocycles. The fourth-order valence-electron chi connectivity index (χ4n) is 2.37. The standard InChI is InChI=1S/C14H26N2OS/c1-4-14(3)7-10-18-12(16-14)15-11-13(2)5-8-17-9-6-13/h4-11H2,1-3H3,(H,15,16). The van der Waals surface area contributed by atoms with Crippen LogP contribution in [0.25, 0.3) is 0 Å². The number of nitrogens with one attached hydrogen (secondary N) is 1. The molecule has 3 nitrogen and oxygen atoms in total. The highest BCUT2D eigenvalue weighted by atomic mass is 32.2. The normalized spacial score (nSPS) is 34.3. The smallest absolute Gasteiger partial charge is 0.156 e. The van der Waals surface area contributed by atoms with Crippen LogP contribution < -0.4 is 5.32 Å². The minimum absolute atomic E-state index is 0.251. The van der Waals surface area contributed by atoms with Gasteiger partial charge in [-0.3, -0.25) is 4.99 Å². The molecule has 2 rings (SSSR count). The highest BCUT2D eigenvalue weighted by molar-refractivity contribution is 8.13. The molecule has 0 aromatic rings. The Labute approximate surface area is 115 Å². The molecule has 104 valence electrons. The summed E-state index contributed by atoms with van der Waals surface area (Å²) in [6.07, 6.45) is 4.68. The predicted molar refractivity (Wildman–Crippen MR) is 79.4 cm³/mol. The number of hydrogen-bond acceptors (Lipinski definition) is 3. The second kappa shape index (κ2) is 5.83. The van der Waals surface area contributed by atoms with Crippen LogP contribution in [0.3, 0.4) is 0 Å². The summed E-state index contributed by atoms with van der Waals surface area (Å²) in [6, 6.07) is 0. The molecular weight excluding hydrogens is 244 g/mol. The quantitative estimate of drug-likeness (QED) is 0.856. The van der Waals surface area contributed by atoms with E-state index < -0.39 is 0 Å². The highest BCUT2D eigenvalue weighted by Crippen LogP contribution is 2.31. The van der Waals surface area contributed by atoms with Crippen LogP contribution in [0.5, 0.6) is 0 Å². The molecule has 2 fully saturated rings. The van der Waals surface area contributed by atoms with Crippen LogP contribution in [0.4, 0.5) is 0 Å². The monoisotopic (exact) mass is 270 g/mol. The minimum atomic E-state index is 0.251. The van der Waals surface area contributed by atoms with Gasteiger partial charge in [0.1, 0.15) is 0 Å². The maximum atomic E-state index is 5.44. The van der Waals surface area contributed by atoms with Gasteiger partial charge in [0.05, 0.1) is 0 Å². The predicted octanol–water partition coefficient (Wildman–Crippen LogP) is 3.05. The van der Waals surface area contributed by atoms with Gasteiger partial charge in [0.2, 0.25) is 0 Å². The molecule has 18 heavy (non-hydrogen) atoms. The van der Waals surface area contributed by atoms with Gasteiger partial charge in [-0.25, -0.2) is 0 Å². The topological polar surface area (TPSA) is 33.6 Å². The van der Waals surface area contributed by atoms with Crippen LogP contribution in [0, 0.1) is 5.41 Å². The molecule has 2 aliphatic heterocycles. The fourth-order valence-corrected chi connectivity index (χ4v) is 3.59. The molecule has 1 N–H and O–H groups in total. The van der Waals surface area contributed by atoms with Crippen molar-refractivity contribution in [1.29, 1.82) is 0 Å². The molecule has 0 saturated carbocycles.